The molecule has 0 bridgehead atoms. The third-order valence-electron chi connectivity index (χ3n) is 3.95. The average molecular weight is 258 g/mol. The Hall–Kier alpha value is -0.650. The van der Waals surface area contributed by atoms with Gasteiger partial charge < -0.3 is 20.5 Å². The normalized spacial score (nSPS) is 27.9. The van der Waals surface area contributed by atoms with Crippen LogP contribution in [-0.2, 0) is 9.53 Å². The second kappa shape index (κ2) is 7.07. The lowest BCUT2D eigenvalue weighted by Gasteiger charge is -2.28. The maximum atomic E-state index is 11.2. The van der Waals surface area contributed by atoms with Gasteiger partial charge in [0.25, 0.3) is 0 Å². The summed E-state index contributed by atoms with van der Waals surface area (Å²) < 4.78 is 5.29. The van der Waals surface area contributed by atoms with Gasteiger partial charge in [0.1, 0.15) is 5.54 Å². The van der Waals surface area contributed by atoms with Crippen LogP contribution in [0.2, 0.25) is 0 Å². The second-order valence-corrected chi connectivity index (χ2v) is 5.22. The van der Waals surface area contributed by atoms with E-state index >= 15 is 0 Å². The molecule has 0 amide bonds. The summed E-state index contributed by atoms with van der Waals surface area (Å²) >= 11 is 0. The molecule has 0 aromatic rings. The van der Waals surface area contributed by atoms with Crippen molar-refractivity contribution in [1.29, 1.82) is 0 Å². The van der Waals surface area contributed by atoms with Crippen molar-refractivity contribution >= 4 is 5.97 Å². The highest BCUT2D eigenvalue weighted by atomic mass is 16.5. The highest BCUT2D eigenvalue weighted by molar-refractivity contribution is 5.79. The zero-order valence-corrected chi connectivity index (χ0v) is 11.5. The van der Waals surface area contributed by atoms with Crippen LogP contribution in [0, 0.1) is 5.92 Å². The number of ether oxygens (including phenoxy) is 1. The van der Waals surface area contributed by atoms with Crippen LogP contribution in [0.15, 0.2) is 0 Å². The first-order valence-corrected chi connectivity index (χ1v) is 6.79. The topological polar surface area (TPSA) is 75.8 Å². The molecule has 106 valence electrons. The Balaban J connectivity index is 2.32. The van der Waals surface area contributed by atoms with Gasteiger partial charge in [-0.1, -0.05) is 6.42 Å². The fourth-order valence-electron chi connectivity index (χ4n) is 2.64. The molecule has 0 aromatic heterocycles. The molecule has 0 heterocycles. The van der Waals surface area contributed by atoms with E-state index in [1.165, 1.54) is 0 Å². The smallest absolute Gasteiger partial charge is 0.323 e. The molecule has 0 radical (unpaired) electrons. The Bertz CT molecular complexity index is 273. The first kappa shape index (κ1) is 15.4. The van der Waals surface area contributed by atoms with Crippen molar-refractivity contribution in [3.05, 3.63) is 0 Å². The number of carbonyl (C=O) groups is 1. The van der Waals surface area contributed by atoms with Crippen LogP contribution < -0.4 is 5.73 Å². The van der Waals surface area contributed by atoms with E-state index in [0.29, 0.717) is 6.42 Å². The van der Waals surface area contributed by atoms with Crippen molar-refractivity contribution in [2.45, 2.75) is 38.1 Å². The predicted molar refractivity (Wildman–Crippen MR) is 70.5 cm³/mol. The summed E-state index contributed by atoms with van der Waals surface area (Å²) in [5.41, 5.74) is 5.01. The Morgan fingerprint density at radius 3 is 2.89 bits per heavy atom. The molecule has 0 aromatic carbocycles. The molecule has 1 rings (SSSR count). The van der Waals surface area contributed by atoms with Crippen LogP contribution in [0.4, 0.5) is 0 Å². The Kier molecular flexibility index (Phi) is 6.05. The van der Waals surface area contributed by atoms with Crippen LogP contribution in [0.1, 0.15) is 32.6 Å². The molecule has 1 aliphatic carbocycles. The Morgan fingerprint density at radius 2 is 2.28 bits per heavy atom. The van der Waals surface area contributed by atoms with Crippen LogP contribution >= 0.6 is 0 Å². The number of aliphatic carboxylic acids is 1. The number of rotatable bonds is 8. The summed E-state index contributed by atoms with van der Waals surface area (Å²) in [5, 5.41) is 9.22. The van der Waals surface area contributed by atoms with Crippen molar-refractivity contribution in [3.8, 4) is 0 Å². The molecule has 0 aliphatic heterocycles. The first-order valence-electron chi connectivity index (χ1n) is 6.79. The van der Waals surface area contributed by atoms with Gasteiger partial charge in [0.2, 0.25) is 0 Å². The van der Waals surface area contributed by atoms with E-state index in [1.54, 1.807) is 0 Å². The monoisotopic (exact) mass is 258 g/mol. The minimum Gasteiger partial charge on any atom is -0.480 e. The minimum atomic E-state index is -0.999. The fraction of sp³-hybridized carbons (Fsp3) is 0.923. The lowest BCUT2D eigenvalue weighted by Crippen LogP contribution is -2.51. The van der Waals surface area contributed by atoms with Gasteiger partial charge in [-0.25, -0.2) is 0 Å². The molecule has 18 heavy (non-hydrogen) atoms. The molecule has 0 spiro atoms. The van der Waals surface area contributed by atoms with Gasteiger partial charge in [-0.15, -0.1) is 0 Å². The standard InChI is InChI=1S/C13H26N2O3/c1-3-18-10-9-15(2)8-6-11-5-4-7-13(11,14)12(16)17/h11H,3-10,14H2,1-2H3,(H,16,17). The van der Waals surface area contributed by atoms with Crippen LogP contribution in [0.5, 0.6) is 0 Å². The van der Waals surface area contributed by atoms with Crippen LogP contribution in [-0.4, -0.2) is 54.9 Å². The van der Waals surface area contributed by atoms with Gasteiger partial charge in [0.15, 0.2) is 0 Å². The zero-order chi connectivity index (χ0) is 13.6. The van der Waals surface area contributed by atoms with Crippen molar-refractivity contribution in [2.24, 2.45) is 11.7 Å². The molecule has 2 unspecified atom stereocenters. The predicted octanol–water partition coefficient (Wildman–Crippen LogP) is 0.927. The Morgan fingerprint density at radius 1 is 1.56 bits per heavy atom. The summed E-state index contributed by atoms with van der Waals surface area (Å²) in [6, 6.07) is 0. The largest absolute Gasteiger partial charge is 0.480 e. The van der Waals surface area contributed by atoms with E-state index < -0.39 is 11.5 Å². The molecular formula is C13H26N2O3. The molecule has 5 nitrogen and oxygen atoms in total. The Labute approximate surface area is 109 Å². The number of likely N-dealkylation sites (N-methyl/N-ethyl adjacent to an activating group) is 1. The maximum Gasteiger partial charge on any atom is 0.323 e. The van der Waals surface area contributed by atoms with Gasteiger partial charge in [0, 0.05) is 13.2 Å². The van der Waals surface area contributed by atoms with Crippen LogP contribution in [0.25, 0.3) is 0 Å². The van der Waals surface area contributed by atoms with Gasteiger partial charge in [-0.3, -0.25) is 4.79 Å². The second-order valence-electron chi connectivity index (χ2n) is 5.22. The number of carboxylic acid groups (broad SMARTS) is 1. The highest BCUT2D eigenvalue weighted by Gasteiger charge is 2.45. The molecular weight excluding hydrogens is 232 g/mol. The van der Waals surface area contributed by atoms with Crippen molar-refractivity contribution in [1.82, 2.24) is 4.90 Å². The lowest BCUT2D eigenvalue weighted by atomic mass is 9.85. The number of nitrogens with zero attached hydrogens (tertiary/aromatic N) is 1. The number of hydrogen-bond acceptors (Lipinski definition) is 4. The summed E-state index contributed by atoms with van der Waals surface area (Å²) in [4.78, 5) is 13.4. The molecule has 3 N–H and O–H groups in total. The van der Waals surface area contributed by atoms with Crippen molar-refractivity contribution in [2.75, 3.05) is 33.4 Å². The van der Waals surface area contributed by atoms with Crippen LogP contribution in [0.3, 0.4) is 0 Å². The van der Waals surface area contributed by atoms with E-state index in [9.17, 15) is 9.90 Å². The quantitative estimate of drug-likeness (QED) is 0.633. The van der Waals surface area contributed by atoms with E-state index in [-0.39, 0.29) is 5.92 Å². The molecule has 1 fully saturated rings. The maximum absolute atomic E-state index is 11.2. The molecule has 5 heteroatoms. The summed E-state index contributed by atoms with van der Waals surface area (Å²) in [5.74, 6) is -0.744. The summed E-state index contributed by atoms with van der Waals surface area (Å²) in [6.07, 6.45) is 3.32. The molecule has 0 saturated heterocycles. The molecule has 1 saturated carbocycles. The third-order valence-corrected chi connectivity index (χ3v) is 3.95. The lowest BCUT2D eigenvalue weighted by molar-refractivity contribution is -0.144. The number of nitrogens with two attached hydrogens (primary N) is 1. The zero-order valence-electron chi connectivity index (χ0n) is 11.5. The highest BCUT2D eigenvalue weighted by Crippen LogP contribution is 2.36. The first-order chi connectivity index (χ1) is 8.50. The SMILES string of the molecule is CCOCCN(C)CCC1CCCC1(N)C(=O)O. The minimum absolute atomic E-state index is 0.101. The van der Waals surface area contributed by atoms with Crippen molar-refractivity contribution in [3.63, 3.8) is 0 Å². The number of hydrogen-bond donors (Lipinski definition) is 2. The van der Waals surface area contributed by atoms with Crippen molar-refractivity contribution < 1.29 is 14.6 Å². The fourth-order valence-corrected chi connectivity index (χ4v) is 2.64. The number of carboxylic acids is 1. The molecule has 2 atom stereocenters. The third kappa shape index (κ3) is 3.93. The van der Waals surface area contributed by atoms with E-state index in [4.69, 9.17) is 10.5 Å². The molecule has 1 aliphatic rings. The summed E-state index contributed by atoms with van der Waals surface area (Å²) in [6.45, 7) is 5.20. The summed E-state index contributed by atoms with van der Waals surface area (Å²) in [7, 11) is 2.03. The van der Waals surface area contributed by atoms with Gasteiger partial charge in [0.05, 0.1) is 6.61 Å². The van der Waals surface area contributed by atoms with Gasteiger partial charge in [-0.05, 0) is 45.7 Å². The van der Waals surface area contributed by atoms with Gasteiger partial charge in [-0.2, -0.15) is 0 Å². The van der Waals surface area contributed by atoms with E-state index in [0.717, 1.165) is 45.6 Å². The van der Waals surface area contributed by atoms with Gasteiger partial charge >= 0.3 is 5.97 Å². The van der Waals surface area contributed by atoms with E-state index in [2.05, 4.69) is 4.90 Å². The average Bonchev–Trinajstić information content (AvgIpc) is 2.70. The van der Waals surface area contributed by atoms with E-state index in [1.807, 2.05) is 14.0 Å².